The molecule has 2 atom stereocenters. The van der Waals surface area contributed by atoms with Crippen LogP contribution in [0.15, 0.2) is 25.3 Å². The lowest BCUT2D eigenvalue weighted by Gasteiger charge is -2.38. The molecule has 3 N–H and O–H groups in total. The minimum Gasteiger partial charge on any atom is -0.356 e. The number of allylic oxidation sites excluding steroid dienone is 1. The molecule has 0 aromatic rings. The third-order valence-electron chi connectivity index (χ3n) is 4.54. The van der Waals surface area contributed by atoms with Gasteiger partial charge in [-0.05, 0) is 32.6 Å². The highest BCUT2D eigenvalue weighted by molar-refractivity contribution is 5.86. The fraction of sp³-hybridized carbons (Fsp3) is 0.647. The van der Waals surface area contributed by atoms with Crippen LogP contribution < -0.4 is 10.6 Å². The SMILES string of the molecule is C=CC[C@@]1(C)C(=O)NCCN1O.C=CC[C@]1(C)CCCNC1=O. The topological polar surface area (TPSA) is 81.7 Å². The van der Waals surface area contributed by atoms with Gasteiger partial charge in [-0.3, -0.25) is 9.59 Å². The number of hydrogen-bond acceptors (Lipinski definition) is 4. The van der Waals surface area contributed by atoms with Crippen molar-refractivity contribution in [1.82, 2.24) is 15.7 Å². The largest absolute Gasteiger partial charge is 0.356 e. The predicted octanol–water partition coefficient (Wildman–Crippen LogP) is 1.62. The van der Waals surface area contributed by atoms with E-state index in [1.54, 1.807) is 13.0 Å². The van der Waals surface area contributed by atoms with Crippen LogP contribution in [0.2, 0.25) is 0 Å². The fourth-order valence-corrected chi connectivity index (χ4v) is 2.83. The first-order valence-corrected chi connectivity index (χ1v) is 8.05. The van der Waals surface area contributed by atoms with Crippen molar-refractivity contribution in [3.05, 3.63) is 25.3 Å². The molecule has 0 aromatic carbocycles. The summed E-state index contributed by atoms with van der Waals surface area (Å²) in [4.78, 5) is 22.7. The Morgan fingerprint density at radius 1 is 1.13 bits per heavy atom. The van der Waals surface area contributed by atoms with Crippen molar-refractivity contribution in [2.75, 3.05) is 19.6 Å². The Bertz CT molecular complexity index is 466. The summed E-state index contributed by atoms with van der Waals surface area (Å²) < 4.78 is 0. The predicted molar refractivity (Wildman–Crippen MR) is 89.9 cm³/mol. The van der Waals surface area contributed by atoms with Gasteiger partial charge in [-0.25, -0.2) is 0 Å². The van der Waals surface area contributed by atoms with E-state index in [9.17, 15) is 14.8 Å². The molecule has 2 fully saturated rings. The molecule has 2 saturated heterocycles. The molecule has 2 aliphatic heterocycles. The van der Waals surface area contributed by atoms with Crippen LogP contribution in [-0.4, -0.2) is 47.3 Å². The molecule has 0 aliphatic carbocycles. The number of amides is 2. The first kappa shape index (κ1) is 19.4. The van der Waals surface area contributed by atoms with Crippen molar-refractivity contribution in [1.29, 1.82) is 0 Å². The first-order chi connectivity index (χ1) is 10.8. The first-order valence-electron chi connectivity index (χ1n) is 8.05. The molecule has 0 spiro atoms. The lowest BCUT2D eigenvalue weighted by Crippen LogP contribution is -2.61. The number of carbonyl (C=O) groups is 2. The Balaban J connectivity index is 0.000000231. The van der Waals surface area contributed by atoms with Crippen LogP contribution in [0.1, 0.15) is 39.5 Å². The molecule has 0 saturated carbocycles. The van der Waals surface area contributed by atoms with E-state index in [-0.39, 0.29) is 17.2 Å². The van der Waals surface area contributed by atoms with E-state index in [1.165, 1.54) is 0 Å². The highest BCUT2D eigenvalue weighted by Crippen LogP contribution is 2.30. The van der Waals surface area contributed by atoms with E-state index in [1.807, 2.05) is 13.0 Å². The van der Waals surface area contributed by atoms with Crippen molar-refractivity contribution >= 4 is 11.8 Å². The summed E-state index contributed by atoms with van der Waals surface area (Å²) in [7, 11) is 0. The average Bonchev–Trinajstić information content (AvgIpc) is 2.50. The van der Waals surface area contributed by atoms with Crippen molar-refractivity contribution in [2.24, 2.45) is 5.41 Å². The standard InChI is InChI=1S/C9H15NO.C8H14N2O2/c1-3-5-9(2)6-4-7-10-8(9)11;1-3-4-8(2)7(11)9-5-6-10(8)12/h3H,1,4-7H2,2H3,(H,10,11);3,12H,1,4-6H2,2H3,(H,9,11)/t9-;8-/m10/s1. The number of hydrogen-bond donors (Lipinski definition) is 3. The van der Waals surface area contributed by atoms with Gasteiger partial charge in [0.05, 0.1) is 0 Å². The zero-order valence-corrected chi connectivity index (χ0v) is 14.2. The maximum Gasteiger partial charge on any atom is 0.242 e. The number of piperidine rings is 1. The van der Waals surface area contributed by atoms with Gasteiger partial charge in [-0.2, -0.15) is 5.06 Å². The van der Waals surface area contributed by atoms with E-state index in [2.05, 4.69) is 23.8 Å². The minimum absolute atomic E-state index is 0.142. The molecule has 6 heteroatoms. The average molecular weight is 323 g/mol. The Kier molecular flexibility index (Phi) is 6.97. The third-order valence-corrected chi connectivity index (χ3v) is 4.54. The van der Waals surface area contributed by atoms with Crippen LogP contribution in [0.5, 0.6) is 0 Å². The van der Waals surface area contributed by atoms with Gasteiger partial charge >= 0.3 is 0 Å². The lowest BCUT2D eigenvalue weighted by molar-refractivity contribution is -0.189. The maximum absolute atomic E-state index is 11.4. The van der Waals surface area contributed by atoms with E-state index in [0.29, 0.717) is 19.5 Å². The lowest BCUT2D eigenvalue weighted by atomic mass is 9.79. The highest BCUT2D eigenvalue weighted by atomic mass is 16.5. The van der Waals surface area contributed by atoms with Gasteiger partial charge in [-0.15, -0.1) is 13.2 Å². The fourth-order valence-electron chi connectivity index (χ4n) is 2.83. The summed E-state index contributed by atoms with van der Waals surface area (Å²) in [6.07, 6.45) is 6.79. The summed E-state index contributed by atoms with van der Waals surface area (Å²) in [6.45, 7) is 12.7. The summed E-state index contributed by atoms with van der Waals surface area (Å²) >= 11 is 0. The summed E-state index contributed by atoms with van der Waals surface area (Å²) in [5.74, 6) is 0.0415. The van der Waals surface area contributed by atoms with Crippen LogP contribution in [0.4, 0.5) is 0 Å². The molecule has 2 rings (SSSR count). The van der Waals surface area contributed by atoms with E-state index < -0.39 is 5.54 Å². The monoisotopic (exact) mass is 323 g/mol. The molecule has 0 unspecified atom stereocenters. The summed E-state index contributed by atoms with van der Waals surface area (Å²) in [5, 5.41) is 16.1. The second kappa shape index (κ2) is 8.26. The van der Waals surface area contributed by atoms with Crippen molar-refractivity contribution in [3.8, 4) is 0 Å². The molecule has 23 heavy (non-hydrogen) atoms. The van der Waals surface area contributed by atoms with Gasteiger partial charge in [0, 0.05) is 25.0 Å². The minimum atomic E-state index is -0.833. The van der Waals surface area contributed by atoms with Crippen LogP contribution in [0.3, 0.4) is 0 Å². The number of nitrogens with zero attached hydrogens (tertiary/aromatic N) is 1. The molecular weight excluding hydrogens is 294 g/mol. The number of rotatable bonds is 4. The zero-order valence-electron chi connectivity index (χ0n) is 14.2. The Labute approximate surface area is 138 Å². The molecule has 2 amide bonds. The van der Waals surface area contributed by atoms with Gasteiger partial charge in [0.1, 0.15) is 5.54 Å². The maximum atomic E-state index is 11.4. The highest BCUT2D eigenvalue weighted by Gasteiger charge is 2.40. The van der Waals surface area contributed by atoms with Crippen molar-refractivity contribution in [2.45, 2.75) is 45.1 Å². The Hall–Kier alpha value is -1.66. The molecule has 6 nitrogen and oxygen atoms in total. The molecule has 2 aliphatic rings. The van der Waals surface area contributed by atoms with Crippen molar-refractivity contribution < 1.29 is 14.8 Å². The van der Waals surface area contributed by atoms with Gasteiger partial charge < -0.3 is 15.8 Å². The third kappa shape index (κ3) is 4.65. The van der Waals surface area contributed by atoms with Gasteiger partial charge in [-0.1, -0.05) is 19.1 Å². The van der Waals surface area contributed by atoms with E-state index in [4.69, 9.17) is 0 Å². The van der Waals surface area contributed by atoms with Gasteiger partial charge in [0.25, 0.3) is 0 Å². The number of piperazine rings is 1. The quantitative estimate of drug-likeness (QED) is 0.687. The van der Waals surface area contributed by atoms with Gasteiger partial charge in [0.2, 0.25) is 11.8 Å². The van der Waals surface area contributed by atoms with Crippen LogP contribution in [0, 0.1) is 5.41 Å². The number of hydroxylamine groups is 2. The zero-order chi connectivity index (χ0) is 17.5. The van der Waals surface area contributed by atoms with Gasteiger partial charge in [0.15, 0.2) is 0 Å². The molecule has 2 heterocycles. The molecular formula is C17H29N3O3. The Morgan fingerprint density at radius 2 is 1.74 bits per heavy atom. The number of carbonyl (C=O) groups excluding carboxylic acids is 2. The van der Waals surface area contributed by atoms with Crippen LogP contribution in [-0.2, 0) is 9.59 Å². The van der Waals surface area contributed by atoms with Crippen molar-refractivity contribution in [3.63, 3.8) is 0 Å². The smallest absolute Gasteiger partial charge is 0.242 e. The molecule has 0 radical (unpaired) electrons. The second-order valence-electron chi connectivity index (χ2n) is 6.56. The normalized spacial score (nSPS) is 31.3. The second-order valence-corrected chi connectivity index (χ2v) is 6.56. The number of nitrogens with one attached hydrogen (secondary N) is 2. The summed E-state index contributed by atoms with van der Waals surface area (Å²) in [5.41, 5.74) is -1.01. The van der Waals surface area contributed by atoms with Crippen LogP contribution in [0.25, 0.3) is 0 Å². The summed E-state index contributed by atoms with van der Waals surface area (Å²) in [6, 6.07) is 0. The molecule has 0 aromatic heterocycles. The van der Waals surface area contributed by atoms with Crippen LogP contribution >= 0.6 is 0 Å². The molecule has 130 valence electrons. The Morgan fingerprint density at radius 3 is 2.26 bits per heavy atom. The van der Waals surface area contributed by atoms with E-state index >= 15 is 0 Å². The molecule has 0 bridgehead atoms. The van der Waals surface area contributed by atoms with E-state index in [0.717, 1.165) is 30.9 Å².